The Balaban J connectivity index is 2.07. The van der Waals surface area contributed by atoms with E-state index >= 15 is 0 Å². The van der Waals surface area contributed by atoms with Crippen molar-refractivity contribution in [3.8, 4) is 0 Å². The lowest BCUT2D eigenvalue weighted by atomic mass is 10.1. The predicted molar refractivity (Wildman–Crippen MR) is 111 cm³/mol. The highest BCUT2D eigenvalue weighted by molar-refractivity contribution is 5.77. The molecule has 2 N–H and O–H groups in total. The third kappa shape index (κ3) is 13.8. The summed E-state index contributed by atoms with van der Waals surface area (Å²) in [7, 11) is 5.93. The van der Waals surface area contributed by atoms with Gasteiger partial charge in [-0.2, -0.15) is 0 Å². The number of quaternary nitrogens is 1. The number of rotatable bonds is 15. The molecule has 7 heteroatoms. The minimum Gasteiger partial charge on any atom is -0.481 e. The number of likely N-dealkylation sites (N-methyl/N-ethyl adjacent to an activating group) is 1. The number of carbonyl (C=O) groups is 2. The van der Waals surface area contributed by atoms with Crippen LogP contribution < -0.4 is 5.32 Å². The van der Waals surface area contributed by atoms with Gasteiger partial charge in [0.05, 0.1) is 46.8 Å². The first-order chi connectivity index (χ1) is 13.7. The van der Waals surface area contributed by atoms with Crippen LogP contribution >= 0.6 is 0 Å². The summed E-state index contributed by atoms with van der Waals surface area (Å²) >= 11 is 0. The summed E-state index contributed by atoms with van der Waals surface area (Å²) in [6.07, 6.45) is 5.15. The van der Waals surface area contributed by atoms with E-state index in [0.29, 0.717) is 30.7 Å². The maximum atomic E-state index is 12.8. The molecule has 0 heterocycles. The van der Waals surface area contributed by atoms with Crippen LogP contribution in [0.1, 0.15) is 50.5 Å². The first-order valence-corrected chi connectivity index (χ1v) is 10.3. The molecule has 0 fully saturated rings. The van der Waals surface area contributed by atoms with Crippen molar-refractivity contribution in [2.75, 3.05) is 34.3 Å². The first kappa shape index (κ1) is 25.0. The van der Waals surface area contributed by atoms with Gasteiger partial charge in [-0.3, -0.25) is 9.59 Å². The molecule has 0 saturated carbocycles. The van der Waals surface area contributed by atoms with Crippen molar-refractivity contribution in [3.05, 3.63) is 35.6 Å². The molecule has 0 aliphatic heterocycles. The van der Waals surface area contributed by atoms with Crippen LogP contribution in [0.2, 0.25) is 0 Å². The Kier molecular flexibility index (Phi) is 11.5. The number of benzene rings is 1. The Morgan fingerprint density at radius 1 is 1.07 bits per heavy atom. The Bertz CT molecular complexity index is 614. The Labute approximate surface area is 173 Å². The molecule has 164 valence electrons. The Morgan fingerprint density at radius 3 is 2.31 bits per heavy atom. The summed E-state index contributed by atoms with van der Waals surface area (Å²) < 4.78 is 19.0. The van der Waals surface area contributed by atoms with Crippen LogP contribution in [0, 0.1) is 5.82 Å². The van der Waals surface area contributed by atoms with Crippen LogP contribution in [-0.2, 0) is 20.9 Å². The van der Waals surface area contributed by atoms with Gasteiger partial charge in [0.15, 0.2) is 0 Å². The van der Waals surface area contributed by atoms with Crippen molar-refractivity contribution in [2.45, 2.75) is 57.6 Å². The zero-order valence-corrected chi connectivity index (χ0v) is 18.0. The summed E-state index contributed by atoms with van der Waals surface area (Å²) in [6, 6.07) is 5.96. The second kappa shape index (κ2) is 13.3. The van der Waals surface area contributed by atoms with E-state index in [1.807, 2.05) is 21.1 Å². The summed E-state index contributed by atoms with van der Waals surface area (Å²) in [5.41, 5.74) is 0.962. The second-order valence-corrected chi connectivity index (χ2v) is 8.53. The zero-order chi connectivity index (χ0) is 21.7. The van der Waals surface area contributed by atoms with Crippen molar-refractivity contribution in [1.29, 1.82) is 0 Å². The number of hydrogen-bond donors (Lipinski definition) is 2. The molecule has 1 aromatic rings. The molecule has 1 aromatic carbocycles. The highest BCUT2D eigenvalue weighted by Gasteiger charge is 2.22. The van der Waals surface area contributed by atoms with E-state index < -0.39 is 5.97 Å². The largest absolute Gasteiger partial charge is 0.481 e. The quantitative estimate of drug-likeness (QED) is 0.343. The molecule has 0 spiro atoms. The Morgan fingerprint density at radius 2 is 1.69 bits per heavy atom. The average molecular weight is 412 g/mol. The number of nitrogens with zero attached hydrogens (tertiary/aromatic N) is 1. The zero-order valence-electron chi connectivity index (χ0n) is 18.0. The van der Waals surface area contributed by atoms with Gasteiger partial charge >= 0.3 is 5.97 Å². The standard InChI is InChI=1S/C22H35FN2O4/c1-25(2,3)16-20(15-22(27)28)24-21(26)9-7-5-4-6-8-14-29-17-18-10-12-19(23)13-11-18/h10-13,20H,4-9,14-17H2,1-3H3,(H-,24,26,27,28)/p+1/t20-/m1/s1. The third-order valence-electron chi connectivity index (χ3n) is 4.43. The van der Waals surface area contributed by atoms with Crippen LogP contribution in [0.3, 0.4) is 0 Å². The van der Waals surface area contributed by atoms with Gasteiger partial charge in [-0.15, -0.1) is 0 Å². The van der Waals surface area contributed by atoms with Crippen LogP contribution in [0.5, 0.6) is 0 Å². The minimum absolute atomic E-state index is 0.0564. The van der Waals surface area contributed by atoms with Crippen LogP contribution in [-0.4, -0.2) is 61.8 Å². The van der Waals surface area contributed by atoms with Gasteiger partial charge in [-0.25, -0.2) is 4.39 Å². The molecule has 0 radical (unpaired) electrons. The maximum absolute atomic E-state index is 12.8. The number of unbranched alkanes of at least 4 members (excludes halogenated alkanes) is 4. The summed E-state index contributed by atoms with van der Waals surface area (Å²) in [5, 5.41) is 11.9. The highest BCUT2D eigenvalue weighted by Crippen LogP contribution is 2.08. The lowest BCUT2D eigenvalue weighted by Gasteiger charge is -2.29. The van der Waals surface area contributed by atoms with Crippen molar-refractivity contribution in [1.82, 2.24) is 5.32 Å². The molecule has 0 bridgehead atoms. The van der Waals surface area contributed by atoms with E-state index in [9.17, 15) is 14.0 Å². The lowest BCUT2D eigenvalue weighted by Crippen LogP contribution is -2.49. The molecule has 0 saturated heterocycles. The molecule has 1 rings (SSSR count). The van der Waals surface area contributed by atoms with Gasteiger partial charge in [0.2, 0.25) is 5.91 Å². The number of ether oxygens (including phenoxy) is 1. The van der Waals surface area contributed by atoms with Crippen LogP contribution in [0.15, 0.2) is 24.3 Å². The Hall–Kier alpha value is -1.99. The fraction of sp³-hybridized carbons (Fsp3) is 0.636. The first-order valence-electron chi connectivity index (χ1n) is 10.3. The fourth-order valence-electron chi connectivity index (χ4n) is 3.12. The monoisotopic (exact) mass is 411 g/mol. The number of carboxylic acid groups (broad SMARTS) is 1. The smallest absolute Gasteiger partial charge is 0.305 e. The van der Waals surface area contributed by atoms with Gasteiger partial charge in [0, 0.05) is 13.0 Å². The molecule has 1 atom stereocenters. The van der Waals surface area contributed by atoms with E-state index in [-0.39, 0.29) is 24.2 Å². The minimum atomic E-state index is -0.898. The van der Waals surface area contributed by atoms with E-state index in [0.717, 1.165) is 37.7 Å². The molecule has 1 amide bonds. The summed E-state index contributed by atoms with van der Waals surface area (Å²) in [4.78, 5) is 23.1. The second-order valence-electron chi connectivity index (χ2n) is 8.53. The van der Waals surface area contributed by atoms with Crippen LogP contribution in [0.25, 0.3) is 0 Å². The number of halogens is 1. The SMILES string of the molecule is C[N+](C)(C)C[C@@H](CC(=O)O)NC(=O)CCCCCCCOCc1ccc(F)cc1. The van der Waals surface area contributed by atoms with Crippen molar-refractivity contribution < 1.29 is 28.3 Å². The number of aliphatic carboxylic acids is 1. The third-order valence-corrected chi connectivity index (χ3v) is 4.43. The summed E-state index contributed by atoms with van der Waals surface area (Å²) in [6.45, 7) is 1.74. The van der Waals surface area contributed by atoms with Gasteiger partial charge in [-0.05, 0) is 30.5 Å². The topological polar surface area (TPSA) is 75.6 Å². The normalized spacial score (nSPS) is 12.6. The fourth-order valence-corrected chi connectivity index (χ4v) is 3.12. The molecule has 0 aromatic heterocycles. The predicted octanol–water partition coefficient (Wildman–Crippen LogP) is 3.35. The van der Waals surface area contributed by atoms with Gasteiger partial charge in [0.1, 0.15) is 5.82 Å². The number of nitrogens with one attached hydrogen (secondary N) is 1. The molecule has 0 unspecified atom stereocenters. The van der Waals surface area contributed by atoms with Crippen molar-refractivity contribution >= 4 is 11.9 Å². The van der Waals surface area contributed by atoms with Gasteiger partial charge in [0.25, 0.3) is 0 Å². The van der Waals surface area contributed by atoms with E-state index in [1.165, 1.54) is 12.1 Å². The highest BCUT2D eigenvalue weighted by atomic mass is 19.1. The number of hydrogen-bond acceptors (Lipinski definition) is 3. The van der Waals surface area contributed by atoms with E-state index in [4.69, 9.17) is 9.84 Å². The lowest BCUT2D eigenvalue weighted by molar-refractivity contribution is -0.871. The van der Waals surface area contributed by atoms with Crippen LogP contribution in [0.4, 0.5) is 4.39 Å². The molecular formula is C22H36FN2O4+. The van der Waals surface area contributed by atoms with Crippen molar-refractivity contribution in [3.63, 3.8) is 0 Å². The number of carbonyl (C=O) groups excluding carboxylic acids is 1. The van der Waals surface area contributed by atoms with Gasteiger partial charge < -0.3 is 19.6 Å². The van der Waals surface area contributed by atoms with E-state index in [2.05, 4.69) is 5.32 Å². The molecular weight excluding hydrogens is 375 g/mol. The average Bonchev–Trinajstić information content (AvgIpc) is 2.59. The maximum Gasteiger partial charge on any atom is 0.305 e. The van der Waals surface area contributed by atoms with E-state index in [1.54, 1.807) is 12.1 Å². The number of amides is 1. The molecule has 29 heavy (non-hydrogen) atoms. The number of carboxylic acids is 1. The summed E-state index contributed by atoms with van der Waals surface area (Å²) in [5.74, 6) is -1.22. The van der Waals surface area contributed by atoms with Gasteiger partial charge in [-0.1, -0.05) is 31.4 Å². The molecule has 0 aliphatic rings. The molecule has 6 nitrogen and oxygen atoms in total. The van der Waals surface area contributed by atoms with Crippen molar-refractivity contribution in [2.24, 2.45) is 0 Å². The molecule has 0 aliphatic carbocycles.